The zero-order valence-corrected chi connectivity index (χ0v) is 23.7. The van der Waals surface area contributed by atoms with E-state index in [0.29, 0.717) is 12.1 Å². The van der Waals surface area contributed by atoms with Crippen molar-refractivity contribution in [3.8, 4) is 11.5 Å². The normalized spacial score (nSPS) is 12.4. The Labute approximate surface area is 246 Å². The first kappa shape index (κ1) is 31.9. The minimum Gasteiger partial charge on any atom is -0.505 e. The molecule has 4 aromatic carbocycles. The topological polar surface area (TPSA) is 301 Å². The summed E-state index contributed by atoms with van der Waals surface area (Å²) in [5, 5.41) is 40.4. The minimum atomic E-state index is -5.44. The van der Waals surface area contributed by atoms with E-state index in [1.807, 2.05) is 0 Å². The lowest BCUT2D eigenvalue weighted by atomic mass is 10.1. The van der Waals surface area contributed by atoms with Gasteiger partial charge in [-0.05, 0) is 30.3 Å². The third kappa shape index (κ3) is 6.31. The molecule has 0 aliphatic carbocycles. The van der Waals surface area contributed by atoms with Crippen LogP contribution in [0.4, 0.5) is 22.7 Å². The summed E-state index contributed by atoms with van der Waals surface area (Å²) < 4.78 is 101. The highest BCUT2D eigenvalue weighted by atomic mass is 32.2. The number of nitrogens with one attached hydrogen (secondary N) is 1. The van der Waals surface area contributed by atoms with Gasteiger partial charge in [0, 0.05) is 23.1 Å². The van der Waals surface area contributed by atoms with E-state index in [-0.39, 0.29) is 17.3 Å². The predicted molar refractivity (Wildman–Crippen MR) is 148 cm³/mol. The molecule has 0 unspecified atom stereocenters. The SMILES string of the molecule is O=C(Nc1ccc(S(=O)(=O)O)c2cc(S(=O)(=O)O)c(N=Nc3cc([N+](=O)[O-])cc(S(=O)(=O)O)c3O)c(O)c12)c1ccccc1. The molecule has 0 atom stereocenters. The lowest BCUT2D eigenvalue weighted by molar-refractivity contribution is -0.385. The number of nitro groups is 1. The van der Waals surface area contributed by atoms with E-state index in [1.54, 1.807) is 6.07 Å². The maximum atomic E-state index is 12.8. The van der Waals surface area contributed by atoms with Crippen LogP contribution in [0.1, 0.15) is 10.4 Å². The van der Waals surface area contributed by atoms with E-state index in [9.17, 15) is 64.0 Å². The van der Waals surface area contributed by atoms with Gasteiger partial charge in [0.25, 0.3) is 41.9 Å². The van der Waals surface area contributed by atoms with Crippen LogP contribution in [-0.4, -0.2) is 60.0 Å². The van der Waals surface area contributed by atoms with Crippen LogP contribution in [0.3, 0.4) is 0 Å². The van der Waals surface area contributed by atoms with Crippen LogP contribution in [0, 0.1) is 10.1 Å². The quantitative estimate of drug-likeness (QED) is 0.0677. The average Bonchev–Trinajstić information content (AvgIpc) is 2.91. The van der Waals surface area contributed by atoms with E-state index >= 15 is 0 Å². The van der Waals surface area contributed by atoms with E-state index in [1.165, 1.54) is 24.3 Å². The first-order chi connectivity index (χ1) is 20.3. The fraction of sp³-hybridized carbons (Fsp3) is 0. The third-order valence-electron chi connectivity index (χ3n) is 5.80. The Balaban J connectivity index is 2.07. The Morgan fingerprint density at radius 2 is 1.34 bits per heavy atom. The van der Waals surface area contributed by atoms with Gasteiger partial charge in [-0.15, -0.1) is 10.2 Å². The number of anilines is 1. The number of fused-ring (bicyclic) bond motifs is 1. The number of non-ortho nitro benzene ring substituents is 1. The fourth-order valence-electron chi connectivity index (χ4n) is 3.90. The van der Waals surface area contributed by atoms with Crippen LogP contribution in [0.5, 0.6) is 11.5 Å². The van der Waals surface area contributed by atoms with Crippen molar-refractivity contribution < 1.29 is 58.8 Å². The molecule has 0 saturated carbocycles. The van der Waals surface area contributed by atoms with Crippen LogP contribution in [0.25, 0.3) is 10.8 Å². The summed E-state index contributed by atoms with van der Waals surface area (Å²) in [7, 11) is -15.9. The summed E-state index contributed by atoms with van der Waals surface area (Å²) in [6, 6.07) is 10.3. The summed E-state index contributed by atoms with van der Waals surface area (Å²) in [6.45, 7) is 0. The van der Waals surface area contributed by atoms with Gasteiger partial charge in [-0.3, -0.25) is 28.6 Å². The molecule has 0 aliphatic heterocycles. The number of hydrogen-bond acceptors (Lipinski definition) is 13. The molecule has 0 aliphatic rings. The van der Waals surface area contributed by atoms with Crippen molar-refractivity contribution in [2.24, 2.45) is 10.2 Å². The van der Waals surface area contributed by atoms with Crippen molar-refractivity contribution in [1.29, 1.82) is 0 Å². The number of nitro benzene ring substituents is 1. The number of carbonyl (C=O) groups excluding carboxylic acids is 1. The monoisotopic (exact) mass is 668 g/mol. The smallest absolute Gasteiger partial charge is 0.298 e. The molecule has 0 bridgehead atoms. The van der Waals surface area contributed by atoms with Crippen LogP contribution < -0.4 is 5.32 Å². The second-order valence-electron chi connectivity index (χ2n) is 8.62. The summed E-state index contributed by atoms with van der Waals surface area (Å²) in [6.07, 6.45) is 0. The van der Waals surface area contributed by atoms with Crippen molar-refractivity contribution in [3.05, 3.63) is 76.3 Å². The molecule has 0 aromatic heterocycles. The molecule has 4 aromatic rings. The summed E-state index contributed by atoms with van der Waals surface area (Å²) in [5.74, 6) is -3.47. The molecule has 0 saturated heterocycles. The Morgan fingerprint density at radius 3 is 1.89 bits per heavy atom. The summed E-state index contributed by atoms with van der Waals surface area (Å²) >= 11 is 0. The average molecular weight is 669 g/mol. The molecule has 0 radical (unpaired) electrons. The van der Waals surface area contributed by atoms with Gasteiger partial charge in [0.1, 0.15) is 26.1 Å². The first-order valence-corrected chi connectivity index (χ1v) is 15.7. The molecule has 6 N–H and O–H groups in total. The van der Waals surface area contributed by atoms with Crippen molar-refractivity contribution in [1.82, 2.24) is 0 Å². The third-order valence-corrected chi connectivity index (χ3v) is 8.45. The van der Waals surface area contributed by atoms with Gasteiger partial charge in [0.2, 0.25) is 0 Å². The zero-order valence-electron chi connectivity index (χ0n) is 21.3. The number of nitrogens with zero attached hydrogens (tertiary/aromatic N) is 3. The van der Waals surface area contributed by atoms with E-state index in [0.717, 1.165) is 12.1 Å². The van der Waals surface area contributed by atoms with Crippen LogP contribution in [0.2, 0.25) is 0 Å². The summed E-state index contributed by atoms with van der Waals surface area (Å²) in [5.41, 5.74) is -3.56. The van der Waals surface area contributed by atoms with Gasteiger partial charge < -0.3 is 15.5 Å². The van der Waals surface area contributed by atoms with Crippen molar-refractivity contribution in [2.75, 3.05) is 5.32 Å². The molecule has 0 fully saturated rings. The Kier molecular flexibility index (Phi) is 8.12. The van der Waals surface area contributed by atoms with Crippen LogP contribution >= 0.6 is 0 Å². The predicted octanol–water partition coefficient (Wildman–Crippen LogP) is 3.57. The molecule has 21 heteroatoms. The Hall–Kier alpha value is -5.06. The number of benzene rings is 4. The van der Waals surface area contributed by atoms with E-state index < -0.39 is 95.2 Å². The maximum absolute atomic E-state index is 12.8. The number of rotatable bonds is 8. The van der Waals surface area contributed by atoms with Gasteiger partial charge in [-0.25, -0.2) is 0 Å². The van der Waals surface area contributed by atoms with Gasteiger partial charge in [-0.1, -0.05) is 18.2 Å². The van der Waals surface area contributed by atoms with Gasteiger partial charge >= 0.3 is 0 Å². The van der Waals surface area contributed by atoms with Crippen LogP contribution in [-0.2, 0) is 30.4 Å². The molecular weight excluding hydrogens is 652 g/mol. The molecule has 44 heavy (non-hydrogen) atoms. The second-order valence-corrected chi connectivity index (χ2v) is 12.8. The Bertz CT molecular complexity index is 2240. The minimum absolute atomic E-state index is 0.0873. The van der Waals surface area contributed by atoms with Gasteiger partial charge in [0.15, 0.2) is 11.5 Å². The number of phenols is 2. The summed E-state index contributed by atoms with van der Waals surface area (Å²) in [4.78, 5) is 19.2. The van der Waals surface area contributed by atoms with Gasteiger partial charge in [-0.2, -0.15) is 25.3 Å². The van der Waals surface area contributed by atoms with E-state index in [4.69, 9.17) is 0 Å². The molecule has 0 heterocycles. The zero-order chi connectivity index (χ0) is 32.8. The molecule has 230 valence electrons. The number of azo groups is 1. The molecular formula is C23H16N4O14S3. The van der Waals surface area contributed by atoms with Crippen molar-refractivity contribution in [3.63, 3.8) is 0 Å². The Morgan fingerprint density at radius 1 is 0.750 bits per heavy atom. The number of carbonyl (C=O) groups is 1. The standard InChI is InChI=1S/C23H16N4O14S3/c28-21-15(8-12(27(31)32)9-18(21)44(39,40)41)25-26-20-17(43(36,37)38)10-13-16(42(33,34)35)7-6-14(19(13)22(20)29)24-23(30)11-4-2-1-3-5-11/h1-10,28-29H,(H,24,30)(H,33,34,35)(H,36,37,38)(H,39,40,41). The molecule has 18 nitrogen and oxygen atoms in total. The number of aromatic hydroxyl groups is 2. The largest absolute Gasteiger partial charge is 0.505 e. The molecule has 1 amide bonds. The highest BCUT2D eigenvalue weighted by molar-refractivity contribution is 7.86. The first-order valence-electron chi connectivity index (χ1n) is 11.4. The highest BCUT2D eigenvalue weighted by Gasteiger charge is 2.29. The van der Waals surface area contributed by atoms with Crippen LogP contribution in [0.15, 0.2) is 85.6 Å². The second kappa shape index (κ2) is 11.2. The van der Waals surface area contributed by atoms with Crippen molar-refractivity contribution >= 4 is 69.8 Å². The lowest BCUT2D eigenvalue weighted by Crippen LogP contribution is -2.13. The molecule has 0 spiro atoms. The van der Waals surface area contributed by atoms with Crippen molar-refractivity contribution in [2.45, 2.75) is 14.7 Å². The number of amides is 1. The number of phenolic OH excluding ortho intramolecular Hbond substituents is 2. The molecule has 4 rings (SSSR count). The lowest BCUT2D eigenvalue weighted by Gasteiger charge is -2.15. The fourth-order valence-corrected chi connectivity index (χ4v) is 5.85. The van der Waals surface area contributed by atoms with Gasteiger partial charge in [0.05, 0.1) is 16.0 Å². The highest BCUT2D eigenvalue weighted by Crippen LogP contribution is 2.47. The maximum Gasteiger partial charge on any atom is 0.298 e. The number of hydrogen-bond donors (Lipinski definition) is 6. The van der Waals surface area contributed by atoms with E-state index in [2.05, 4.69) is 15.5 Å².